The first-order chi connectivity index (χ1) is 10.2. The molecule has 0 aliphatic heterocycles. The summed E-state index contributed by atoms with van der Waals surface area (Å²) < 4.78 is 42.1. The van der Waals surface area contributed by atoms with Crippen LogP contribution >= 0.6 is 11.6 Å². The van der Waals surface area contributed by atoms with Gasteiger partial charge in [-0.2, -0.15) is 0 Å². The molecular weight excluding hydrogens is 331 g/mol. The van der Waals surface area contributed by atoms with E-state index in [0.29, 0.717) is 6.29 Å². The molecule has 2 aromatic rings. The molecule has 0 saturated heterocycles. The molecule has 0 heterocycles. The number of benzene rings is 2. The summed E-state index contributed by atoms with van der Waals surface area (Å²) in [6, 6.07) is 6.31. The molecule has 0 radical (unpaired) electrons. The number of ether oxygens (including phenoxy) is 1. The Labute approximate surface area is 132 Å². The van der Waals surface area contributed by atoms with Crippen molar-refractivity contribution in [2.24, 2.45) is 0 Å². The molecule has 2 rings (SSSR count). The molecule has 0 bridgehead atoms. The predicted octanol–water partition coefficient (Wildman–Crippen LogP) is 3.80. The lowest BCUT2D eigenvalue weighted by atomic mass is 10.1. The number of carbonyl (C=O) groups excluding carboxylic acids is 1. The van der Waals surface area contributed by atoms with Gasteiger partial charge in [0.2, 0.25) is 0 Å². The summed E-state index contributed by atoms with van der Waals surface area (Å²) >= 11 is 5.74. The highest BCUT2D eigenvalue weighted by Gasteiger charge is 2.17. The van der Waals surface area contributed by atoms with Gasteiger partial charge >= 0.3 is 0 Å². The highest BCUT2D eigenvalue weighted by Crippen LogP contribution is 2.31. The Bertz CT molecular complexity index is 827. The van der Waals surface area contributed by atoms with Crippen LogP contribution in [0.4, 0.5) is 4.39 Å². The van der Waals surface area contributed by atoms with Gasteiger partial charge in [-0.3, -0.25) is 4.79 Å². The minimum absolute atomic E-state index is 0.0409. The third-order valence-corrected chi connectivity index (χ3v) is 4.47. The molecule has 0 aromatic heterocycles. The zero-order valence-corrected chi connectivity index (χ0v) is 13.3. The second kappa shape index (κ2) is 6.06. The van der Waals surface area contributed by atoms with Crippen molar-refractivity contribution in [3.8, 4) is 11.5 Å². The van der Waals surface area contributed by atoms with Gasteiger partial charge in [0, 0.05) is 17.3 Å². The zero-order chi connectivity index (χ0) is 16.5. The Hall–Kier alpha value is -1.92. The fourth-order valence-electron chi connectivity index (χ4n) is 2.04. The zero-order valence-electron chi connectivity index (χ0n) is 11.8. The molecule has 0 spiro atoms. The first-order valence-electron chi connectivity index (χ1n) is 6.15. The van der Waals surface area contributed by atoms with Crippen LogP contribution in [0, 0.1) is 12.7 Å². The predicted molar refractivity (Wildman–Crippen MR) is 81.2 cm³/mol. The van der Waals surface area contributed by atoms with Gasteiger partial charge in [-0.25, -0.2) is 12.8 Å². The monoisotopic (exact) mass is 342 g/mol. The third kappa shape index (κ3) is 3.45. The molecule has 0 fully saturated rings. The van der Waals surface area contributed by atoms with Crippen LogP contribution in [0.25, 0.3) is 0 Å². The summed E-state index contributed by atoms with van der Waals surface area (Å²) in [5, 5.41) is 0.145. The van der Waals surface area contributed by atoms with E-state index in [0.717, 1.165) is 18.4 Å². The Balaban J connectivity index is 2.53. The number of rotatable bonds is 4. The number of hydrogen-bond donors (Lipinski definition) is 0. The van der Waals surface area contributed by atoms with Crippen molar-refractivity contribution >= 4 is 27.7 Å². The molecule has 22 heavy (non-hydrogen) atoms. The summed E-state index contributed by atoms with van der Waals surface area (Å²) in [5.74, 6) is -0.346. The van der Waals surface area contributed by atoms with Crippen LogP contribution in [0.5, 0.6) is 11.5 Å². The maximum absolute atomic E-state index is 13.3. The molecule has 0 aliphatic carbocycles. The average Bonchev–Trinajstić information content (AvgIpc) is 2.36. The average molecular weight is 343 g/mol. The van der Waals surface area contributed by atoms with E-state index >= 15 is 0 Å². The number of aldehydes is 1. The van der Waals surface area contributed by atoms with Crippen LogP contribution in [0.15, 0.2) is 35.2 Å². The molecule has 0 unspecified atom stereocenters. The van der Waals surface area contributed by atoms with Crippen molar-refractivity contribution in [3.05, 3.63) is 52.3 Å². The summed E-state index contributed by atoms with van der Waals surface area (Å²) in [7, 11) is -3.46. The van der Waals surface area contributed by atoms with Gasteiger partial charge in [0.05, 0.1) is 10.5 Å². The van der Waals surface area contributed by atoms with Crippen molar-refractivity contribution in [1.82, 2.24) is 0 Å². The largest absolute Gasteiger partial charge is 0.456 e. The smallest absolute Gasteiger partial charge is 0.175 e. The van der Waals surface area contributed by atoms with Crippen LogP contribution < -0.4 is 4.74 Å². The van der Waals surface area contributed by atoms with Crippen LogP contribution in [0.3, 0.4) is 0 Å². The highest BCUT2D eigenvalue weighted by molar-refractivity contribution is 7.90. The topological polar surface area (TPSA) is 60.4 Å². The Morgan fingerprint density at radius 2 is 1.91 bits per heavy atom. The van der Waals surface area contributed by atoms with E-state index in [9.17, 15) is 17.6 Å². The molecule has 0 N–H and O–H groups in total. The minimum atomic E-state index is -3.46. The summed E-state index contributed by atoms with van der Waals surface area (Å²) in [5.41, 5.74) is 0.362. The normalized spacial score (nSPS) is 11.3. The van der Waals surface area contributed by atoms with Crippen molar-refractivity contribution in [1.29, 1.82) is 0 Å². The number of sulfone groups is 1. The van der Waals surface area contributed by atoms with Gasteiger partial charge in [-0.05, 0) is 36.8 Å². The number of carbonyl (C=O) groups is 1. The van der Waals surface area contributed by atoms with Gasteiger partial charge in [0.25, 0.3) is 0 Å². The molecule has 0 atom stereocenters. The molecular formula is C15H12ClFO4S. The standard InChI is InChI=1S/C15H12ClFO4S/c1-9-13(8-18)14(3-4-15(9)22(2,19)20)21-12-6-10(16)5-11(17)7-12/h3-8H,1-2H3. The Morgan fingerprint density at radius 3 is 2.45 bits per heavy atom. The van der Waals surface area contributed by atoms with Gasteiger partial charge < -0.3 is 4.74 Å². The number of halogens is 2. The fraction of sp³-hybridized carbons (Fsp3) is 0.133. The second-order valence-electron chi connectivity index (χ2n) is 4.70. The highest BCUT2D eigenvalue weighted by atomic mass is 35.5. The molecule has 0 saturated carbocycles. The summed E-state index contributed by atoms with van der Waals surface area (Å²) in [4.78, 5) is 11.3. The minimum Gasteiger partial charge on any atom is -0.456 e. The van der Waals surface area contributed by atoms with Gasteiger partial charge in [0.1, 0.15) is 17.3 Å². The molecule has 2 aromatic carbocycles. The van der Waals surface area contributed by atoms with E-state index in [4.69, 9.17) is 16.3 Å². The van der Waals surface area contributed by atoms with Crippen LogP contribution in [0.2, 0.25) is 5.02 Å². The lowest BCUT2D eigenvalue weighted by Crippen LogP contribution is -2.04. The SMILES string of the molecule is Cc1c(S(C)(=O)=O)ccc(Oc2cc(F)cc(Cl)c2)c1C=O. The maximum atomic E-state index is 13.3. The van der Waals surface area contributed by atoms with E-state index < -0.39 is 15.7 Å². The summed E-state index contributed by atoms with van der Waals surface area (Å²) in [6.45, 7) is 1.51. The third-order valence-electron chi connectivity index (χ3n) is 3.01. The summed E-state index contributed by atoms with van der Waals surface area (Å²) in [6.07, 6.45) is 1.55. The van der Waals surface area contributed by atoms with Crippen molar-refractivity contribution < 1.29 is 22.3 Å². The molecule has 4 nitrogen and oxygen atoms in total. The second-order valence-corrected chi connectivity index (χ2v) is 7.12. The molecule has 0 aliphatic rings. The van der Waals surface area contributed by atoms with Crippen LogP contribution in [-0.2, 0) is 9.84 Å². The molecule has 0 amide bonds. The fourth-order valence-corrected chi connectivity index (χ4v) is 3.23. The van der Waals surface area contributed by atoms with E-state index in [2.05, 4.69) is 0 Å². The molecule has 116 valence electrons. The van der Waals surface area contributed by atoms with Crippen LogP contribution in [0.1, 0.15) is 15.9 Å². The number of hydrogen-bond acceptors (Lipinski definition) is 4. The Kier molecular flexibility index (Phi) is 4.53. The van der Waals surface area contributed by atoms with E-state index in [1.165, 1.54) is 25.1 Å². The Morgan fingerprint density at radius 1 is 1.23 bits per heavy atom. The van der Waals surface area contributed by atoms with E-state index in [-0.39, 0.29) is 32.5 Å². The van der Waals surface area contributed by atoms with E-state index in [1.807, 2.05) is 0 Å². The van der Waals surface area contributed by atoms with Crippen molar-refractivity contribution in [2.45, 2.75) is 11.8 Å². The lowest BCUT2D eigenvalue weighted by molar-refractivity contribution is 0.112. The first-order valence-corrected chi connectivity index (χ1v) is 8.42. The van der Waals surface area contributed by atoms with Gasteiger partial charge in [-0.15, -0.1) is 0 Å². The van der Waals surface area contributed by atoms with Gasteiger partial charge in [-0.1, -0.05) is 11.6 Å². The van der Waals surface area contributed by atoms with Crippen molar-refractivity contribution in [2.75, 3.05) is 6.26 Å². The quantitative estimate of drug-likeness (QED) is 0.793. The maximum Gasteiger partial charge on any atom is 0.175 e. The van der Waals surface area contributed by atoms with Gasteiger partial charge in [0.15, 0.2) is 16.1 Å². The first kappa shape index (κ1) is 16.5. The molecule has 7 heteroatoms. The van der Waals surface area contributed by atoms with Crippen LogP contribution in [-0.4, -0.2) is 21.0 Å². The van der Waals surface area contributed by atoms with Crippen molar-refractivity contribution in [3.63, 3.8) is 0 Å². The lowest BCUT2D eigenvalue weighted by Gasteiger charge is -2.13. The van der Waals surface area contributed by atoms with E-state index in [1.54, 1.807) is 0 Å².